The summed E-state index contributed by atoms with van der Waals surface area (Å²) in [6, 6.07) is 5.20. The van der Waals surface area contributed by atoms with E-state index in [9.17, 15) is 29.6 Å². The monoisotopic (exact) mass is 329 g/mol. The summed E-state index contributed by atoms with van der Waals surface area (Å²) in [7, 11) is 0. The highest BCUT2D eigenvalue weighted by atomic mass is 16.6. The largest absolute Gasteiger partial charge is 0.478 e. The van der Waals surface area contributed by atoms with Gasteiger partial charge < -0.3 is 14.6 Å². The average molecular weight is 329 g/mol. The molecule has 2 aromatic carbocycles. The molecule has 24 heavy (non-hydrogen) atoms. The number of hydrogen-bond acceptors (Lipinski definition) is 6. The van der Waals surface area contributed by atoms with Crippen molar-refractivity contribution in [3.05, 3.63) is 61.8 Å². The zero-order valence-electron chi connectivity index (χ0n) is 11.7. The third-order valence-electron chi connectivity index (χ3n) is 3.44. The molecule has 2 N–H and O–H groups in total. The molecule has 9 heteroatoms. The fourth-order valence-electron chi connectivity index (χ4n) is 2.34. The number of benzene rings is 2. The van der Waals surface area contributed by atoms with E-state index in [4.69, 9.17) is 9.52 Å². The number of nitro groups is 1. The maximum absolute atomic E-state index is 12.5. The van der Waals surface area contributed by atoms with Crippen LogP contribution in [-0.2, 0) is 0 Å². The molecule has 1 aromatic heterocycles. The van der Waals surface area contributed by atoms with Crippen molar-refractivity contribution >= 4 is 39.6 Å². The van der Waals surface area contributed by atoms with Crippen molar-refractivity contribution in [1.29, 1.82) is 0 Å². The number of nitrogens with zero attached hydrogens (tertiary/aromatic N) is 1. The van der Waals surface area contributed by atoms with Crippen LogP contribution < -0.4 is 5.43 Å². The Bertz CT molecular complexity index is 1110. The first-order valence-electron chi connectivity index (χ1n) is 6.45. The molecule has 0 aliphatic carbocycles. The van der Waals surface area contributed by atoms with Gasteiger partial charge in [0, 0.05) is 12.1 Å². The fraction of sp³-hybridized carbons (Fsp3) is 0. The highest BCUT2D eigenvalue weighted by molar-refractivity contribution is 6.05. The van der Waals surface area contributed by atoms with Gasteiger partial charge in [0.2, 0.25) is 5.43 Å². The molecule has 3 aromatic rings. The van der Waals surface area contributed by atoms with Gasteiger partial charge in [-0.15, -0.1) is 0 Å². The van der Waals surface area contributed by atoms with Crippen molar-refractivity contribution in [2.24, 2.45) is 0 Å². The minimum Gasteiger partial charge on any atom is -0.478 e. The molecule has 0 saturated carbocycles. The number of non-ortho nitro benzene ring substituents is 1. The molecule has 0 atom stereocenters. The summed E-state index contributed by atoms with van der Waals surface area (Å²) in [5, 5.41) is 28.7. The topological polar surface area (TPSA) is 148 Å². The van der Waals surface area contributed by atoms with Crippen LogP contribution in [-0.4, -0.2) is 27.1 Å². The summed E-state index contributed by atoms with van der Waals surface area (Å²) in [6.45, 7) is 0. The van der Waals surface area contributed by atoms with Gasteiger partial charge in [0.25, 0.3) is 5.69 Å². The quantitative estimate of drug-likeness (QED) is 0.422. The summed E-state index contributed by atoms with van der Waals surface area (Å²) >= 11 is 0. The van der Waals surface area contributed by atoms with E-state index in [0.29, 0.717) is 0 Å². The standard InChI is InChI=1S/C15H7NO8/c17-12-8-3-6(14(18)19)1-2-11(8)24-13-9(12)4-7(16(22)23)5-10(13)15(20)21/h1-5H,(H,18,19)(H,20,21). The Morgan fingerprint density at radius 2 is 1.75 bits per heavy atom. The molecule has 0 saturated heterocycles. The van der Waals surface area contributed by atoms with Crippen molar-refractivity contribution in [1.82, 2.24) is 0 Å². The second-order valence-electron chi connectivity index (χ2n) is 4.88. The molecule has 9 nitrogen and oxygen atoms in total. The van der Waals surface area contributed by atoms with E-state index in [1.165, 1.54) is 12.1 Å². The van der Waals surface area contributed by atoms with Crippen LogP contribution in [0.5, 0.6) is 0 Å². The number of carboxylic acid groups (broad SMARTS) is 2. The third kappa shape index (κ3) is 2.24. The number of aromatic carboxylic acids is 2. The van der Waals surface area contributed by atoms with E-state index in [2.05, 4.69) is 0 Å². The molecule has 3 rings (SSSR count). The van der Waals surface area contributed by atoms with Gasteiger partial charge >= 0.3 is 11.9 Å². The number of nitro benzene ring substituents is 1. The third-order valence-corrected chi connectivity index (χ3v) is 3.44. The van der Waals surface area contributed by atoms with Crippen LogP contribution in [0.25, 0.3) is 21.9 Å². The van der Waals surface area contributed by atoms with Crippen LogP contribution in [0.4, 0.5) is 5.69 Å². The maximum Gasteiger partial charge on any atom is 0.339 e. The Balaban J connectivity index is 2.52. The number of rotatable bonds is 3. The van der Waals surface area contributed by atoms with Crippen molar-refractivity contribution < 1.29 is 29.1 Å². The average Bonchev–Trinajstić information content (AvgIpc) is 2.53. The Hall–Kier alpha value is -3.75. The van der Waals surface area contributed by atoms with Crippen LogP contribution in [0, 0.1) is 10.1 Å². The molecule has 0 unspecified atom stereocenters. The second-order valence-corrected chi connectivity index (χ2v) is 4.88. The van der Waals surface area contributed by atoms with Gasteiger partial charge in [0.05, 0.1) is 21.3 Å². The van der Waals surface area contributed by atoms with Crippen LogP contribution in [0.2, 0.25) is 0 Å². The highest BCUT2D eigenvalue weighted by Crippen LogP contribution is 2.27. The van der Waals surface area contributed by atoms with Crippen LogP contribution in [0.1, 0.15) is 20.7 Å². The molecule has 0 aliphatic heterocycles. The van der Waals surface area contributed by atoms with Crippen molar-refractivity contribution in [3.63, 3.8) is 0 Å². The Kier molecular flexibility index (Phi) is 3.26. The Labute approximate surface area is 131 Å². The summed E-state index contributed by atoms with van der Waals surface area (Å²) in [4.78, 5) is 45.0. The minimum atomic E-state index is -1.49. The molecule has 120 valence electrons. The maximum atomic E-state index is 12.5. The molecular weight excluding hydrogens is 322 g/mol. The molecule has 0 amide bonds. The predicted octanol–water partition coefficient (Wildman–Crippen LogP) is 2.25. The predicted molar refractivity (Wildman–Crippen MR) is 80.6 cm³/mol. The zero-order chi connectivity index (χ0) is 17.6. The number of carbonyl (C=O) groups is 2. The molecule has 0 fully saturated rings. The minimum absolute atomic E-state index is 0.0196. The fourth-order valence-corrected chi connectivity index (χ4v) is 2.34. The lowest BCUT2D eigenvalue weighted by atomic mass is 10.1. The SMILES string of the molecule is O=C(O)c1ccc2oc3c(C(=O)O)cc([N+](=O)[O-])cc3c(=O)c2c1. The van der Waals surface area contributed by atoms with Crippen molar-refractivity contribution in [2.75, 3.05) is 0 Å². The van der Waals surface area contributed by atoms with Crippen LogP contribution in [0.15, 0.2) is 39.5 Å². The number of fused-ring (bicyclic) bond motifs is 2. The van der Waals surface area contributed by atoms with Crippen LogP contribution >= 0.6 is 0 Å². The first kappa shape index (κ1) is 15.2. The first-order chi connectivity index (χ1) is 11.3. The van der Waals surface area contributed by atoms with Gasteiger partial charge in [-0.1, -0.05) is 0 Å². The lowest BCUT2D eigenvalue weighted by Crippen LogP contribution is -2.08. The van der Waals surface area contributed by atoms with Gasteiger partial charge in [-0.05, 0) is 18.2 Å². The van der Waals surface area contributed by atoms with E-state index in [1.54, 1.807) is 0 Å². The normalized spacial score (nSPS) is 10.8. The van der Waals surface area contributed by atoms with E-state index >= 15 is 0 Å². The molecule has 0 radical (unpaired) electrons. The van der Waals surface area contributed by atoms with Crippen LogP contribution in [0.3, 0.4) is 0 Å². The van der Waals surface area contributed by atoms with E-state index in [1.807, 2.05) is 0 Å². The Morgan fingerprint density at radius 3 is 2.33 bits per heavy atom. The smallest absolute Gasteiger partial charge is 0.339 e. The zero-order valence-corrected chi connectivity index (χ0v) is 11.7. The van der Waals surface area contributed by atoms with E-state index in [0.717, 1.165) is 18.2 Å². The lowest BCUT2D eigenvalue weighted by Gasteiger charge is -2.05. The summed E-state index contributed by atoms with van der Waals surface area (Å²) in [6.07, 6.45) is 0. The molecular formula is C15H7NO8. The van der Waals surface area contributed by atoms with Gasteiger partial charge in [-0.3, -0.25) is 14.9 Å². The summed E-state index contributed by atoms with van der Waals surface area (Å²) in [5.74, 6) is -2.75. The number of hydrogen-bond donors (Lipinski definition) is 2. The Morgan fingerprint density at radius 1 is 1.04 bits per heavy atom. The van der Waals surface area contributed by atoms with Gasteiger partial charge in [-0.2, -0.15) is 0 Å². The molecule has 1 heterocycles. The van der Waals surface area contributed by atoms with Gasteiger partial charge in [0.15, 0.2) is 5.58 Å². The molecule has 0 bridgehead atoms. The highest BCUT2D eigenvalue weighted by Gasteiger charge is 2.21. The van der Waals surface area contributed by atoms with Crippen molar-refractivity contribution in [3.8, 4) is 0 Å². The summed E-state index contributed by atoms with van der Waals surface area (Å²) in [5.41, 5.74) is -2.36. The van der Waals surface area contributed by atoms with Gasteiger partial charge in [0.1, 0.15) is 11.1 Å². The summed E-state index contributed by atoms with van der Waals surface area (Å²) < 4.78 is 5.39. The molecule has 0 aliphatic rings. The molecule has 0 spiro atoms. The lowest BCUT2D eigenvalue weighted by molar-refractivity contribution is -0.384. The van der Waals surface area contributed by atoms with Crippen molar-refractivity contribution in [2.45, 2.75) is 0 Å². The van der Waals surface area contributed by atoms with E-state index < -0.39 is 33.5 Å². The van der Waals surface area contributed by atoms with E-state index in [-0.39, 0.29) is 27.5 Å². The number of carboxylic acids is 2. The second kappa shape index (κ2) is 5.16. The van der Waals surface area contributed by atoms with Gasteiger partial charge in [-0.25, -0.2) is 9.59 Å². The first-order valence-corrected chi connectivity index (χ1v) is 6.45.